The Bertz CT molecular complexity index is 464. The molecule has 0 atom stereocenters. The molecular weight excluding hydrogens is 257 g/mol. The lowest BCUT2D eigenvalue weighted by Gasteiger charge is -2.31. The minimum atomic E-state index is -0.467. The zero-order chi connectivity index (χ0) is 13.1. The molecular formula is C13H13ClFNO2. The topological polar surface area (TPSA) is 49.3 Å². The average molecular weight is 270 g/mol. The molecule has 96 valence electrons. The molecule has 1 aromatic carbocycles. The number of carbonyl (C=O) groups excluding carboxylic acids is 1. The second kappa shape index (κ2) is 5.50. The summed E-state index contributed by atoms with van der Waals surface area (Å²) in [6.07, 6.45) is 3.41. The average Bonchev–Trinajstić information content (AvgIpc) is 2.26. The van der Waals surface area contributed by atoms with Crippen LogP contribution in [0.1, 0.15) is 18.4 Å². The molecule has 0 heterocycles. The molecule has 1 fully saturated rings. The van der Waals surface area contributed by atoms with Gasteiger partial charge in [0.25, 0.3) is 0 Å². The van der Waals surface area contributed by atoms with Crippen molar-refractivity contribution >= 4 is 23.6 Å². The van der Waals surface area contributed by atoms with Crippen molar-refractivity contribution in [2.75, 3.05) is 0 Å². The molecule has 1 aromatic rings. The molecule has 1 aliphatic carbocycles. The van der Waals surface area contributed by atoms with E-state index in [1.165, 1.54) is 24.3 Å². The van der Waals surface area contributed by atoms with Gasteiger partial charge in [-0.25, -0.2) is 4.39 Å². The third-order valence-corrected chi connectivity index (χ3v) is 3.19. The Hall–Kier alpha value is -1.39. The lowest BCUT2D eigenvalue weighted by molar-refractivity contribution is -0.118. The first kappa shape index (κ1) is 13.1. The van der Waals surface area contributed by atoms with Gasteiger partial charge in [0.1, 0.15) is 5.82 Å². The molecule has 0 bridgehead atoms. The summed E-state index contributed by atoms with van der Waals surface area (Å²) in [5, 5.41) is 12.0. The lowest BCUT2D eigenvalue weighted by Crippen LogP contribution is -2.46. The normalized spacial score (nSPS) is 22.8. The Labute approximate surface area is 109 Å². The zero-order valence-corrected chi connectivity index (χ0v) is 10.3. The Balaban J connectivity index is 1.96. The van der Waals surface area contributed by atoms with Crippen LogP contribution in [-0.2, 0) is 4.79 Å². The number of hydrogen-bond donors (Lipinski definition) is 2. The van der Waals surface area contributed by atoms with E-state index in [0.717, 1.165) is 0 Å². The number of benzene rings is 1. The maximum Gasteiger partial charge on any atom is 0.244 e. The Morgan fingerprint density at radius 2 is 2.22 bits per heavy atom. The van der Waals surface area contributed by atoms with E-state index in [9.17, 15) is 9.18 Å². The van der Waals surface area contributed by atoms with Crippen LogP contribution in [0.15, 0.2) is 24.3 Å². The maximum atomic E-state index is 13.4. The highest BCUT2D eigenvalue weighted by Gasteiger charge is 2.27. The summed E-state index contributed by atoms with van der Waals surface area (Å²) < 4.78 is 13.4. The predicted octanol–water partition coefficient (Wildman–Crippen LogP) is 2.13. The van der Waals surface area contributed by atoms with Crippen molar-refractivity contribution in [2.45, 2.75) is 25.0 Å². The number of carbonyl (C=O) groups is 1. The number of halogens is 2. The quantitative estimate of drug-likeness (QED) is 0.826. The number of hydrogen-bond acceptors (Lipinski definition) is 2. The van der Waals surface area contributed by atoms with Gasteiger partial charge in [-0.1, -0.05) is 17.7 Å². The van der Waals surface area contributed by atoms with Gasteiger partial charge in [0, 0.05) is 17.7 Å². The molecule has 18 heavy (non-hydrogen) atoms. The highest BCUT2D eigenvalue weighted by Crippen LogP contribution is 2.21. The molecule has 0 aliphatic heterocycles. The van der Waals surface area contributed by atoms with Crippen molar-refractivity contribution in [1.29, 1.82) is 0 Å². The van der Waals surface area contributed by atoms with Gasteiger partial charge in [-0.3, -0.25) is 4.79 Å². The summed E-state index contributed by atoms with van der Waals surface area (Å²) in [5.74, 6) is -0.781. The second-order valence-electron chi connectivity index (χ2n) is 4.30. The van der Waals surface area contributed by atoms with Crippen LogP contribution >= 0.6 is 11.6 Å². The van der Waals surface area contributed by atoms with Crippen LogP contribution in [0.4, 0.5) is 4.39 Å². The third-order valence-electron chi connectivity index (χ3n) is 2.86. The summed E-state index contributed by atoms with van der Waals surface area (Å²) in [4.78, 5) is 11.5. The van der Waals surface area contributed by atoms with E-state index in [4.69, 9.17) is 16.7 Å². The summed E-state index contributed by atoms with van der Waals surface area (Å²) in [7, 11) is 0. The molecule has 1 aliphatic rings. The van der Waals surface area contributed by atoms with E-state index in [1.807, 2.05) is 0 Å². The van der Waals surface area contributed by atoms with Gasteiger partial charge in [0.05, 0.1) is 11.1 Å². The molecule has 2 N–H and O–H groups in total. The highest BCUT2D eigenvalue weighted by molar-refractivity contribution is 6.32. The SMILES string of the molecule is O=C(C=Cc1c(F)cccc1Cl)NC1CC(O)C1. The van der Waals surface area contributed by atoms with E-state index < -0.39 is 5.82 Å². The van der Waals surface area contributed by atoms with E-state index in [0.29, 0.717) is 12.8 Å². The molecule has 0 saturated heterocycles. The van der Waals surface area contributed by atoms with Crippen molar-refractivity contribution in [2.24, 2.45) is 0 Å². The summed E-state index contributed by atoms with van der Waals surface area (Å²) >= 11 is 5.82. The molecule has 1 saturated carbocycles. The first-order chi connectivity index (χ1) is 8.56. The number of aliphatic hydroxyl groups is 1. The largest absolute Gasteiger partial charge is 0.393 e. The summed E-state index contributed by atoms with van der Waals surface area (Å²) in [5.41, 5.74) is 0.197. The van der Waals surface area contributed by atoms with Gasteiger partial charge in [0.2, 0.25) is 5.91 Å². The van der Waals surface area contributed by atoms with E-state index in [1.54, 1.807) is 6.07 Å². The molecule has 3 nitrogen and oxygen atoms in total. The molecule has 0 spiro atoms. The van der Waals surface area contributed by atoms with E-state index in [-0.39, 0.29) is 28.6 Å². The number of nitrogens with one attached hydrogen (secondary N) is 1. The molecule has 5 heteroatoms. The van der Waals surface area contributed by atoms with Crippen molar-refractivity contribution in [1.82, 2.24) is 5.32 Å². The van der Waals surface area contributed by atoms with Gasteiger partial charge >= 0.3 is 0 Å². The fourth-order valence-corrected chi connectivity index (χ4v) is 2.01. The predicted molar refractivity (Wildman–Crippen MR) is 67.6 cm³/mol. The van der Waals surface area contributed by atoms with Gasteiger partial charge in [-0.2, -0.15) is 0 Å². The second-order valence-corrected chi connectivity index (χ2v) is 4.71. The smallest absolute Gasteiger partial charge is 0.244 e. The van der Waals surface area contributed by atoms with Gasteiger partial charge in [0.15, 0.2) is 0 Å². The Morgan fingerprint density at radius 3 is 2.83 bits per heavy atom. The first-order valence-corrected chi connectivity index (χ1v) is 6.04. The first-order valence-electron chi connectivity index (χ1n) is 5.67. The molecule has 0 unspecified atom stereocenters. The van der Waals surface area contributed by atoms with Crippen molar-refractivity contribution in [3.05, 3.63) is 40.7 Å². The van der Waals surface area contributed by atoms with Gasteiger partial charge in [-0.15, -0.1) is 0 Å². The summed E-state index contributed by atoms with van der Waals surface area (Å²) in [6, 6.07) is 4.36. The Morgan fingerprint density at radius 1 is 1.50 bits per heavy atom. The van der Waals surface area contributed by atoms with Crippen molar-refractivity contribution < 1.29 is 14.3 Å². The minimum absolute atomic E-state index is 0.00763. The molecule has 0 aromatic heterocycles. The van der Waals surface area contributed by atoms with Crippen LogP contribution in [0, 0.1) is 5.82 Å². The molecule has 2 rings (SSSR count). The van der Waals surface area contributed by atoms with Gasteiger partial charge < -0.3 is 10.4 Å². The minimum Gasteiger partial charge on any atom is -0.393 e. The van der Waals surface area contributed by atoms with Crippen molar-refractivity contribution in [3.8, 4) is 0 Å². The van der Waals surface area contributed by atoms with Crippen LogP contribution in [0.2, 0.25) is 5.02 Å². The van der Waals surface area contributed by atoms with Crippen LogP contribution in [0.5, 0.6) is 0 Å². The van der Waals surface area contributed by atoms with Gasteiger partial charge in [-0.05, 0) is 31.1 Å². The fraction of sp³-hybridized carbons (Fsp3) is 0.308. The summed E-state index contributed by atoms with van der Waals surface area (Å²) in [6.45, 7) is 0. The highest BCUT2D eigenvalue weighted by atomic mass is 35.5. The van der Waals surface area contributed by atoms with Crippen LogP contribution < -0.4 is 5.32 Å². The third kappa shape index (κ3) is 3.09. The van der Waals surface area contributed by atoms with E-state index in [2.05, 4.69) is 5.32 Å². The number of rotatable bonds is 3. The van der Waals surface area contributed by atoms with Crippen molar-refractivity contribution in [3.63, 3.8) is 0 Å². The molecule has 1 amide bonds. The fourth-order valence-electron chi connectivity index (χ4n) is 1.78. The number of aliphatic hydroxyl groups excluding tert-OH is 1. The number of amides is 1. The van der Waals surface area contributed by atoms with E-state index >= 15 is 0 Å². The zero-order valence-electron chi connectivity index (χ0n) is 9.57. The lowest BCUT2D eigenvalue weighted by atomic mass is 9.89. The van der Waals surface area contributed by atoms with Crippen LogP contribution in [-0.4, -0.2) is 23.2 Å². The monoisotopic (exact) mass is 269 g/mol. The maximum absolute atomic E-state index is 13.4. The van der Waals surface area contributed by atoms with Crippen LogP contribution in [0.25, 0.3) is 6.08 Å². The standard InChI is InChI=1S/C13H13ClFNO2/c14-11-2-1-3-12(15)10(11)4-5-13(18)16-8-6-9(17)7-8/h1-5,8-9,17H,6-7H2,(H,16,18). The Kier molecular flexibility index (Phi) is 3.99. The van der Waals surface area contributed by atoms with Crippen LogP contribution in [0.3, 0.4) is 0 Å². The molecule has 0 radical (unpaired) electrons.